The van der Waals surface area contributed by atoms with Crippen LogP contribution in [0.2, 0.25) is 0 Å². The molecule has 0 aromatic heterocycles. The SMILES string of the molecule is Nc1cc(S(=O)(=O)N2CC(CO)C2)ccc1Br. The Hall–Kier alpha value is -0.630. The quantitative estimate of drug-likeness (QED) is 0.801. The first-order valence-corrected chi connectivity index (χ1v) is 7.34. The van der Waals surface area contributed by atoms with E-state index in [4.69, 9.17) is 10.8 Å². The van der Waals surface area contributed by atoms with Crippen LogP contribution in [0.3, 0.4) is 0 Å². The van der Waals surface area contributed by atoms with Gasteiger partial charge in [0.1, 0.15) is 0 Å². The number of hydrogen-bond donors (Lipinski definition) is 2. The van der Waals surface area contributed by atoms with Crippen LogP contribution in [0.4, 0.5) is 5.69 Å². The largest absolute Gasteiger partial charge is 0.398 e. The van der Waals surface area contributed by atoms with Crippen molar-refractivity contribution in [1.82, 2.24) is 4.31 Å². The van der Waals surface area contributed by atoms with Crippen molar-refractivity contribution in [3.8, 4) is 0 Å². The molecular formula is C10H13BrN2O3S. The number of aliphatic hydroxyl groups excluding tert-OH is 1. The van der Waals surface area contributed by atoms with Crippen LogP contribution in [0.15, 0.2) is 27.6 Å². The molecule has 0 bridgehead atoms. The number of nitrogen functional groups attached to an aromatic ring is 1. The van der Waals surface area contributed by atoms with Gasteiger partial charge in [-0.1, -0.05) is 0 Å². The molecule has 5 nitrogen and oxygen atoms in total. The van der Waals surface area contributed by atoms with Crippen LogP contribution in [0.25, 0.3) is 0 Å². The second kappa shape index (κ2) is 4.56. The predicted octanol–water partition coefficient (Wildman–Crippen LogP) is 0.644. The van der Waals surface area contributed by atoms with Crippen LogP contribution in [-0.2, 0) is 10.0 Å². The van der Waals surface area contributed by atoms with E-state index in [-0.39, 0.29) is 17.4 Å². The highest BCUT2D eigenvalue weighted by Gasteiger charge is 2.36. The van der Waals surface area contributed by atoms with Gasteiger partial charge in [-0.25, -0.2) is 8.42 Å². The number of benzene rings is 1. The molecule has 17 heavy (non-hydrogen) atoms. The zero-order valence-corrected chi connectivity index (χ0v) is 11.4. The summed E-state index contributed by atoms with van der Waals surface area (Å²) in [5, 5.41) is 8.87. The van der Waals surface area contributed by atoms with Crippen LogP contribution >= 0.6 is 15.9 Å². The van der Waals surface area contributed by atoms with Crippen molar-refractivity contribution in [2.24, 2.45) is 5.92 Å². The fraction of sp³-hybridized carbons (Fsp3) is 0.400. The summed E-state index contributed by atoms with van der Waals surface area (Å²) in [6, 6.07) is 4.57. The lowest BCUT2D eigenvalue weighted by atomic mass is 10.1. The molecule has 0 amide bonds. The van der Waals surface area contributed by atoms with Gasteiger partial charge in [-0.2, -0.15) is 4.31 Å². The minimum Gasteiger partial charge on any atom is -0.398 e. The van der Waals surface area contributed by atoms with E-state index < -0.39 is 10.0 Å². The van der Waals surface area contributed by atoms with Gasteiger partial charge in [0.25, 0.3) is 0 Å². The minimum absolute atomic E-state index is 0.0223. The van der Waals surface area contributed by atoms with Gasteiger partial charge in [0, 0.05) is 35.8 Å². The highest BCUT2D eigenvalue weighted by atomic mass is 79.9. The third-order valence-electron chi connectivity index (χ3n) is 2.79. The van der Waals surface area contributed by atoms with Crippen LogP contribution in [0.5, 0.6) is 0 Å². The molecule has 94 valence electrons. The number of nitrogens with two attached hydrogens (primary N) is 1. The van der Waals surface area contributed by atoms with Crippen molar-refractivity contribution in [3.63, 3.8) is 0 Å². The Balaban J connectivity index is 2.24. The van der Waals surface area contributed by atoms with Gasteiger partial charge >= 0.3 is 0 Å². The average Bonchev–Trinajstić information content (AvgIpc) is 2.20. The molecule has 1 heterocycles. The topological polar surface area (TPSA) is 83.6 Å². The van der Waals surface area contributed by atoms with E-state index in [1.54, 1.807) is 6.07 Å². The standard InChI is InChI=1S/C10H13BrN2O3S/c11-9-2-1-8(3-10(9)12)17(15,16)13-4-7(5-13)6-14/h1-3,7,14H,4-6,12H2. The monoisotopic (exact) mass is 320 g/mol. The number of sulfonamides is 1. The van der Waals surface area contributed by atoms with Crippen molar-refractivity contribution in [2.45, 2.75) is 4.90 Å². The van der Waals surface area contributed by atoms with E-state index >= 15 is 0 Å². The van der Waals surface area contributed by atoms with E-state index in [9.17, 15) is 8.42 Å². The van der Waals surface area contributed by atoms with Crippen molar-refractivity contribution < 1.29 is 13.5 Å². The van der Waals surface area contributed by atoms with Crippen LogP contribution < -0.4 is 5.73 Å². The lowest BCUT2D eigenvalue weighted by molar-refractivity contribution is 0.117. The maximum absolute atomic E-state index is 12.1. The fourth-order valence-electron chi connectivity index (χ4n) is 1.67. The Kier molecular flexibility index (Phi) is 3.44. The number of anilines is 1. The van der Waals surface area contributed by atoms with E-state index in [0.717, 1.165) is 0 Å². The lowest BCUT2D eigenvalue weighted by Gasteiger charge is -2.36. The number of hydrogen-bond acceptors (Lipinski definition) is 4. The summed E-state index contributed by atoms with van der Waals surface area (Å²) in [4.78, 5) is 0.189. The summed E-state index contributed by atoms with van der Waals surface area (Å²) in [5.74, 6) is 0.0533. The second-order valence-corrected chi connectivity index (χ2v) is 6.85. The average molecular weight is 321 g/mol. The maximum atomic E-state index is 12.1. The zero-order valence-electron chi connectivity index (χ0n) is 9.01. The third-order valence-corrected chi connectivity index (χ3v) is 5.34. The molecule has 1 aliphatic rings. The molecule has 1 fully saturated rings. The maximum Gasteiger partial charge on any atom is 0.243 e. The molecule has 1 saturated heterocycles. The Morgan fingerprint density at radius 3 is 2.65 bits per heavy atom. The van der Waals surface area contributed by atoms with E-state index in [0.29, 0.717) is 23.2 Å². The molecule has 0 unspecified atom stereocenters. The molecule has 0 spiro atoms. The van der Waals surface area contributed by atoms with Crippen LogP contribution in [-0.4, -0.2) is 37.5 Å². The molecule has 3 N–H and O–H groups in total. The fourth-order valence-corrected chi connectivity index (χ4v) is 3.54. The molecule has 0 atom stereocenters. The third kappa shape index (κ3) is 2.33. The van der Waals surface area contributed by atoms with Crippen LogP contribution in [0, 0.1) is 5.92 Å². The van der Waals surface area contributed by atoms with Gasteiger partial charge in [-0.3, -0.25) is 0 Å². The summed E-state index contributed by atoms with van der Waals surface area (Å²) in [6.45, 7) is 0.762. The Morgan fingerprint density at radius 1 is 1.47 bits per heavy atom. The number of rotatable bonds is 3. The van der Waals surface area contributed by atoms with Gasteiger partial charge in [-0.05, 0) is 34.1 Å². The smallest absolute Gasteiger partial charge is 0.243 e. The summed E-state index contributed by atoms with van der Waals surface area (Å²) in [7, 11) is -3.46. The van der Waals surface area contributed by atoms with Gasteiger partial charge in [0.2, 0.25) is 10.0 Å². The first kappa shape index (κ1) is 12.8. The molecule has 0 saturated carbocycles. The zero-order chi connectivity index (χ0) is 12.6. The lowest BCUT2D eigenvalue weighted by Crippen LogP contribution is -2.51. The van der Waals surface area contributed by atoms with Gasteiger partial charge in [0.05, 0.1) is 4.90 Å². The van der Waals surface area contributed by atoms with Gasteiger partial charge < -0.3 is 10.8 Å². The normalized spacial score (nSPS) is 18.0. The summed E-state index contributed by atoms with van der Waals surface area (Å²) in [6.07, 6.45) is 0. The highest BCUT2D eigenvalue weighted by Crippen LogP contribution is 2.28. The molecular weight excluding hydrogens is 308 g/mol. The summed E-state index contributed by atoms with van der Waals surface area (Å²) < 4.78 is 26.2. The van der Waals surface area contributed by atoms with E-state index in [2.05, 4.69) is 15.9 Å². The molecule has 1 aliphatic heterocycles. The first-order valence-electron chi connectivity index (χ1n) is 5.11. The van der Waals surface area contributed by atoms with Crippen molar-refractivity contribution in [1.29, 1.82) is 0 Å². The van der Waals surface area contributed by atoms with Crippen molar-refractivity contribution >= 4 is 31.6 Å². The molecule has 7 heteroatoms. The Morgan fingerprint density at radius 2 is 2.12 bits per heavy atom. The highest BCUT2D eigenvalue weighted by molar-refractivity contribution is 9.10. The van der Waals surface area contributed by atoms with E-state index in [1.807, 2.05) is 0 Å². The molecule has 0 radical (unpaired) electrons. The van der Waals surface area contributed by atoms with Gasteiger partial charge in [0.15, 0.2) is 0 Å². The van der Waals surface area contributed by atoms with Crippen molar-refractivity contribution in [3.05, 3.63) is 22.7 Å². The number of halogens is 1. The minimum atomic E-state index is -3.46. The molecule has 1 aromatic carbocycles. The number of aliphatic hydroxyl groups is 1. The predicted molar refractivity (Wildman–Crippen MR) is 67.9 cm³/mol. The first-order chi connectivity index (χ1) is 7.95. The Bertz CT molecular complexity index is 526. The van der Waals surface area contributed by atoms with E-state index in [1.165, 1.54) is 16.4 Å². The summed E-state index contributed by atoms with van der Waals surface area (Å²) in [5.41, 5.74) is 6.05. The van der Waals surface area contributed by atoms with Crippen molar-refractivity contribution in [2.75, 3.05) is 25.4 Å². The second-order valence-electron chi connectivity index (χ2n) is 4.05. The summed E-state index contributed by atoms with van der Waals surface area (Å²) >= 11 is 3.22. The van der Waals surface area contributed by atoms with Gasteiger partial charge in [-0.15, -0.1) is 0 Å². The Labute approximate surface area is 108 Å². The molecule has 2 rings (SSSR count). The number of nitrogens with zero attached hydrogens (tertiary/aromatic N) is 1. The van der Waals surface area contributed by atoms with Crippen LogP contribution in [0.1, 0.15) is 0 Å². The molecule has 1 aromatic rings. The molecule has 0 aliphatic carbocycles.